The Kier molecular flexibility index (Phi) is 8.63. The van der Waals surface area contributed by atoms with Crippen molar-refractivity contribution in [3.05, 3.63) is 15.6 Å². The fourth-order valence-corrected chi connectivity index (χ4v) is 5.74. The van der Waals surface area contributed by atoms with Crippen LogP contribution in [-0.4, -0.2) is 48.0 Å². The minimum Gasteiger partial charge on any atom is -0.356 e. The highest BCUT2D eigenvalue weighted by Crippen LogP contribution is 2.27. The molecule has 0 bridgehead atoms. The van der Waals surface area contributed by atoms with Crippen LogP contribution in [0.2, 0.25) is 0 Å². The minimum atomic E-state index is 0. The molecule has 1 aromatic heterocycles. The normalized spacial score (nSPS) is 18.7. The Morgan fingerprint density at radius 2 is 2.04 bits per heavy atom. The van der Waals surface area contributed by atoms with Gasteiger partial charge in [-0.25, -0.2) is 4.98 Å². The Hall–Kier alpha value is -0.0200. The maximum Gasteiger partial charge on any atom is 0.193 e. The smallest absolute Gasteiger partial charge is 0.193 e. The average molecular weight is 480 g/mol. The van der Waals surface area contributed by atoms with E-state index in [1.807, 2.05) is 18.4 Å². The molecule has 0 unspecified atom stereocenters. The molecule has 1 saturated heterocycles. The van der Waals surface area contributed by atoms with Crippen molar-refractivity contribution in [3.63, 3.8) is 0 Å². The summed E-state index contributed by atoms with van der Waals surface area (Å²) in [5.74, 6) is 4.42. The molecule has 2 aliphatic rings. The van der Waals surface area contributed by atoms with E-state index in [4.69, 9.17) is 4.98 Å². The number of aryl methyl sites for hydroxylation is 2. The predicted molar refractivity (Wildman–Crippen MR) is 117 cm³/mol. The molecule has 136 valence electrons. The van der Waals surface area contributed by atoms with Crippen molar-refractivity contribution in [3.8, 4) is 0 Å². The van der Waals surface area contributed by atoms with E-state index < -0.39 is 0 Å². The molecule has 1 N–H and O–H groups in total. The number of thiazole rings is 1. The predicted octanol–water partition coefficient (Wildman–Crippen LogP) is 3.79. The van der Waals surface area contributed by atoms with Gasteiger partial charge in [-0.05, 0) is 55.9 Å². The van der Waals surface area contributed by atoms with Gasteiger partial charge in [0, 0.05) is 25.5 Å². The molecule has 1 aliphatic heterocycles. The maximum absolute atomic E-state index is 4.85. The van der Waals surface area contributed by atoms with E-state index in [0.29, 0.717) is 0 Å². The number of rotatable bonds is 4. The number of hydrogen-bond donors (Lipinski definition) is 1. The third kappa shape index (κ3) is 5.49. The van der Waals surface area contributed by atoms with Crippen LogP contribution in [0, 0.1) is 5.92 Å². The number of hydrogen-bond acceptors (Lipinski definition) is 4. The van der Waals surface area contributed by atoms with Gasteiger partial charge in [0.25, 0.3) is 0 Å². The van der Waals surface area contributed by atoms with Crippen LogP contribution in [0.4, 0.5) is 0 Å². The number of aromatic nitrogens is 1. The highest BCUT2D eigenvalue weighted by molar-refractivity contribution is 14.0. The summed E-state index contributed by atoms with van der Waals surface area (Å²) in [4.78, 5) is 13.0. The van der Waals surface area contributed by atoms with Crippen molar-refractivity contribution >= 4 is 53.0 Å². The molecule has 4 nitrogen and oxygen atoms in total. The average Bonchev–Trinajstić information content (AvgIpc) is 2.98. The molecule has 0 atom stereocenters. The fourth-order valence-electron chi connectivity index (χ4n) is 3.32. The quantitative estimate of drug-likeness (QED) is 0.405. The zero-order valence-corrected chi connectivity index (χ0v) is 18.7. The summed E-state index contributed by atoms with van der Waals surface area (Å²) in [6.07, 6.45) is 7.68. The van der Waals surface area contributed by atoms with Crippen molar-refractivity contribution < 1.29 is 0 Å². The molecular weight excluding hydrogens is 451 g/mol. The summed E-state index contributed by atoms with van der Waals surface area (Å²) < 4.78 is 0. The summed E-state index contributed by atoms with van der Waals surface area (Å²) in [6, 6.07) is 0. The zero-order valence-electron chi connectivity index (χ0n) is 14.7. The number of guanidine groups is 1. The highest BCUT2D eigenvalue weighted by Gasteiger charge is 2.18. The lowest BCUT2D eigenvalue weighted by atomic mass is 10.0. The molecule has 2 heterocycles. The lowest BCUT2D eigenvalue weighted by Gasteiger charge is -2.26. The first kappa shape index (κ1) is 20.3. The van der Waals surface area contributed by atoms with Crippen molar-refractivity contribution in [1.29, 1.82) is 0 Å². The first-order chi connectivity index (χ1) is 11.3. The Morgan fingerprint density at radius 3 is 2.75 bits per heavy atom. The van der Waals surface area contributed by atoms with E-state index in [-0.39, 0.29) is 24.0 Å². The molecule has 0 aromatic carbocycles. The van der Waals surface area contributed by atoms with Crippen LogP contribution in [-0.2, 0) is 19.4 Å². The summed E-state index contributed by atoms with van der Waals surface area (Å²) in [6.45, 7) is 1.91. The van der Waals surface area contributed by atoms with Crippen molar-refractivity contribution in [2.24, 2.45) is 10.9 Å². The third-order valence-electron chi connectivity index (χ3n) is 4.73. The van der Waals surface area contributed by atoms with Gasteiger partial charge in [-0.2, -0.15) is 11.8 Å². The van der Waals surface area contributed by atoms with Crippen molar-refractivity contribution in [2.45, 2.75) is 45.1 Å². The number of nitrogens with zero attached hydrogens (tertiary/aromatic N) is 3. The molecule has 1 aliphatic carbocycles. The van der Waals surface area contributed by atoms with Crippen molar-refractivity contribution in [1.82, 2.24) is 15.2 Å². The molecule has 0 radical (unpaired) electrons. The number of thioether (sulfide) groups is 1. The van der Waals surface area contributed by atoms with Gasteiger partial charge in [0.1, 0.15) is 5.01 Å². The first-order valence-electron chi connectivity index (χ1n) is 8.73. The molecule has 0 spiro atoms. The van der Waals surface area contributed by atoms with Gasteiger partial charge in [0.05, 0.1) is 12.2 Å². The van der Waals surface area contributed by atoms with Crippen LogP contribution in [0.1, 0.15) is 41.3 Å². The molecule has 0 amide bonds. The second-order valence-electron chi connectivity index (χ2n) is 6.52. The maximum atomic E-state index is 4.85. The van der Waals surface area contributed by atoms with Gasteiger partial charge in [-0.15, -0.1) is 35.3 Å². The van der Waals surface area contributed by atoms with E-state index >= 15 is 0 Å². The molecule has 24 heavy (non-hydrogen) atoms. The Labute approximate surface area is 171 Å². The van der Waals surface area contributed by atoms with E-state index in [1.165, 1.54) is 65.6 Å². The third-order valence-corrected chi connectivity index (χ3v) is 6.92. The molecule has 7 heteroatoms. The number of fused-ring (bicyclic) bond motifs is 1. The molecular formula is C17H29IN4S2. The highest BCUT2D eigenvalue weighted by atomic mass is 127. The van der Waals surface area contributed by atoms with E-state index in [0.717, 1.165) is 25.0 Å². The van der Waals surface area contributed by atoms with Crippen LogP contribution in [0.25, 0.3) is 0 Å². The van der Waals surface area contributed by atoms with Gasteiger partial charge in [0.2, 0.25) is 0 Å². The largest absolute Gasteiger partial charge is 0.356 e. The lowest BCUT2D eigenvalue weighted by Crippen LogP contribution is -2.41. The lowest BCUT2D eigenvalue weighted by molar-refractivity contribution is 0.439. The van der Waals surface area contributed by atoms with Crippen LogP contribution >= 0.6 is 47.1 Å². The Bertz CT molecular complexity index is 517. The zero-order chi connectivity index (χ0) is 16.1. The Morgan fingerprint density at radius 1 is 1.29 bits per heavy atom. The first-order valence-corrected chi connectivity index (χ1v) is 10.7. The minimum absolute atomic E-state index is 0. The Balaban J connectivity index is 0.00000208. The standard InChI is InChI=1S/C17H28N4S2.HI/c1-18-17(19-11-13-7-9-22-10-8-13)21(2)12-16-20-14-5-3-4-6-15(14)23-16;/h13H,3-12H2,1-2H3,(H,18,19);1H. The summed E-state index contributed by atoms with van der Waals surface area (Å²) in [5.41, 5.74) is 1.35. The number of nitrogens with one attached hydrogen (secondary N) is 1. The topological polar surface area (TPSA) is 40.5 Å². The van der Waals surface area contributed by atoms with Gasteiger partial charge >= 0.3 is 0 Å². The second kappa shape index (κ2) is 10.2. The van der Waals surface area contributed by atoms with Crippen LogP contribution in [0.5, 0.6) is 0 Å². The van der Waals surface area contributed by atoms with Gasteiger partial charge in [-0.1, -0.05) is 0 Å². The second-order valence-corrected chi connectivity index (χ2v) is 8.92. The van der Waals surface area contributed by atoms with Gasteiger partial charge < -0.3 is 10.2 Å². The molecule has 3 rings (SSSR count). The molecule has 1 aromatic rings. The number of aliphatic imine (C=N–C) groups is 1. The monoisotopic (exact) mass is 480 g/mol. The van der Waals surface area contributed by atoms with E-state index in [1.54, 1.807) is 0 Å². The van der Waals surface area contributed by atoms with Gasteiger partial charge in [0.15, 0.2) is 5.96 Å². The van der Waals surface area contributed by atoms with Crippen molar-refractivity contribution in [2.75, 3.05) is 32.1 Å². The van der Waals surface area contributed by atoms with Crippen LogP contribution < -0.4 is 5.32 Å². The van der Waals surface area contributed by atoms with Crippen LogP contribution in [0.15, 0.2) is 4.99 Å². The molecule has 1 fully saturated rings. The van der Waals surface area contributed by atoms with Crippen LogP contribution in [0.3, 0.4) is 0 Å². The summed E-state index contributed by atoms with van der Waals surface area (Å²) >= 11 is 3.98. The molecule has 0 saturated carbocycles. The van der Waals surface area contributed by atoms with Gasteiger partial charge in [-0.3, -0.25) is 4.99 Å². The number of halogens is 1. The summed E-state index contributed by atoms with van der Waals surface area (Å²) in [5, 5.41) is 4.80. The van der Waals surface area contributed by atoms with E-state index in [9.17, 15) is 0 Å². The van der Waals surface area contributed by atoms with E-state index in [2.05, 4.69) is 34.0 Å². The summed E-state index contributed by atoms with van der Waals surface area (Å²) in [7, 11) is 3.99. The fraction of sp³-hybridized carbons (Fsp3) is 0.765. The SMILES string of the molecule is CN=C(NCC1CCSCC1)N(C)Cc1nc2c(s1)CCCC2.I.